The largest absolute Gasteiger partial charge is 0.383 e. The van der Waals surface area contributed by atoms with E-state index in [0.717, 1.165) is 10.9 Å². The smallest absolute Gasteiger partial charge is 0.251 e. The van der Waals surface area contributed by atoms with Gasteiger partial charge in [-0.15, -0.1) is 0 Å². The van der Waals surface area contributed by atoms with Crippen molar-refractivity contribution in [1.29, 1.82) is 0 Å². The number of benzene rings is 1. The van der Waals surface area contributed by atoms with E-state index in [1.807, 2.05) is 18.2 Å². The molecule has 0 aliphatic carbocycles. The van der Waals surface area contributed by atoms with Gasteiger partial charge < -0.3 is 15.0 Å². The summed E-state index contributed by atoms with van der Waals surface area (Å²) in [7, 11) is 1.59. The molecule has 0 aliphatic heterocycles. The van der Waals surface area contributed by atoms with E-state index in [4.69, 9.17) is 4.74 Å². The van der Waals surface area contributed by atoms with Crippen molar-refractivity contribution in [3.05, 3.63) is 45.7 Å². The fourth-order valence-electron chi connectivity index (χ4n) is 2.44. The first-order valence-electron chi connectivity index (χ1n) is 7.92. The third-order valence-electron chi connectivity index (χ3n) is 3.86. The molecular weight excluding hydrogens is 292 g/mol. The summed E-state index contributed by atoms with van der Waals surface area (Å²) >= 11 is 0. The Bertz CT molecular complexity index is 735. The molecule has 1 aromatic heterocycles. The second-order valence-electron chi connectivity index (χ2n) is 5.97. The maximum absolute atomic E-state index is 12.1. The summed E-state index contributed by atoms with van der Waals surface area (Å²) in [5.74, 6) is 0.360. The molecule has 1 amide bonds. The van der Waals surface area contributed by atoms with E-state index in [-0.39, 0.29) is 11.5 Å². The third-order valence-corrected chi connectivity index (χ3v) is 3.86. The summed E-state index contributed by atoms with van der Waals surface area (Å²) in [6.07, 6.45) is 0.720. The van der Waals surface area contributed by atoms with Gasteiger partial charge in [0, 0.05) is 31.2 Å². The molecule has 0 fully saturated rings. The highest BCUT2D eigenvalue weighted by molar-refractivity contribution is 5.80. The molecular formula is C18H24N2O3. The van der Waals surface area contributed by atoms with Gasteiger partial charge in [0.2, 0.25) is 5.91 Å². The Morgan fingerprint density at radius 1 is 1.30 bits per heavy atom. The summed E-state index contributed by atoms with van der Waals surface area (Å²) in [5, 5.41) is 3.76. The number of amides is 1. The van der Waals surface area contributed by atoms with Crippen LogP contribution >= 0.6 is 0 Å². The lowest BCUT2D eigenvalue weighted by atomic mass is 10.00. The van der Waals surface area contributed by atoms with Gasteiger partial charge >= 0.3 is 0 Å². The van der Waals surface area contributed by atoms with Gasteiger partial charge in [-0.3, -0.25) is 9.59 Å². The monoisotopic (exact) mass is 316 g/mol. The van der Waals surface area contributed by atoms with Crippen LogP contribution in [-0.2, 0) is 16.0 Å². The first-order valence-corrected chi connectivity index (χ1v) is 7.92. The molecule has 1 heterocycles. The highest BCUT2D eigenvalue weighted by atomic mass is 16.5. The number of fused-ring (bicyclic) bond motifs is 1. The highest BCUT2D eigenvalue weighted by Gasteiger charge is 2.08. The number of aryl methyl sites for hydroxylation is 1. The van der Waals surface area contributed by atoms with Gasteiger partial charge in [0.25, 0.3) is 5.56 Å². The molecule has 5 heteroatoms. The number of hydrogen-bond acceptors (Lipinski definition) is 3. The number of aromatic nitrogens is 1. The van der Waals surface area contributed by atoms with E-state index in [0.29, 0.717) is 37.5 Å². The minimum Gasteiger partial charge on any atom is -0.383 e. The van der Waals surface area contributed by atoms with E-state index in [1.165, 1.54) is 5.56 Å². The second-order valence-corrected chi connectivity index (χ2v) is 5.97. The van der Waals surface area contributed by atoms with E-state index < -0.39 is 0 Å². The average molecular weight is 316 g/mol. The van der Waals surface area contributed by atoms with Crippen LogP contribution in [0.1, 0.15) is 37.3 Å². The summed E-state index contributed by atoms with van der Waals surface area (Å²) in [4.78, 5) is 26.7. The quantitative estimate of drug-likeness (QED) is 0.770. The van der Waals surface area contributed by atoms with Crippen LogP contribution in [0, 0.1) is 0 Å². The Hall–Kier alpha value is -2.14. The number of aromatic amines is 1. The molecule has 0 bridgehead atoms. The minimum atomic E-state index is -0.125. The Morgan fingerprint density at radius 2 is 2.09 bits per heavy atom. The third kappa shape index (κ3) is 4.66. The predicted octanol–water partition coefficient (Wildman–Crippen LogP) is 2.35. The van der Waals surface area contributed by atoms with E-state index in [1.54, 1.807) is 7.11 Å². The van der Waals surface area contributed by atoms with Gasteiger partial charge in [0.15, 0.2) is 0 Å². The first-order chi connectivity index (χ1) is 11.0. The van der Waals surface area contributed by atoms with Crippen LogP contribution in [0.3, 0.4) is 0 Å². The lowest BCUT2D eigenvalue weighted by Gasteiger charge is -2.08. The number of pyridine rings is 1. The number of hydrogen-bond donors (Lipinski definition) is 2. The number of methoxy groups -OCH3 is 1. The summed E-state index contributed by atoms with van der Waals surface area (Å²) in [5.41, 5.74) is 2.57. The summed E-state index contributed by atoms with van der Waals surface area (Å²) < 4.78 is 4.88. The van der Waals surface area contributed by atoms with Crippen molar-refractivity contribution in [2.24, 2.45) is 0 Å². The minimum absolute atomic E-state index is 0.0718. The molecule has 0 saturated carbocycles. The molecule has 0 aliphatic rings. The maximum Gasteiger partial charge on any atom is 0.251 e. The molecule has 0 saturated heterocycles. The number of rotatable bonds is 7. The molecule has 0 spiro atoms. The van der Waals surface area contributed by atoms with Crippen molar-refractivity contribution in [3.63, 3.8) is 0 Å². The van der Waals surface area contributed by atoms with Crippen molar-refractivity contribution < 1.29 is 9.53 Å². The van der Waals surface area contributed by atoms with E-state index >= 15 is 0 Å². The zero-order chi connectivity index (χ0) is 16.8. The van der Waals surface area contributed by atoms with Gasteiger partial charge in [-0.05, 0) is 41.5 Å². The standard InChI is InChI=1S/C18H24N2O3/c1-12(2)13-4-6-16-15(10-13)11-14(18(22)20-16)5-7-17(21)19-8-9-23-3/h4,6,10-12H,5,7-9H2,1-3H3,(H,19,21)(H,20,22). The molecule has 5 nitrogen and oxygen atoms in total. The average Bonchev–Trinajstić information content (AvgIpc) is 2.52. The van der Waals surface area contributed by atoms with Crippen LogP contribution < -0.4 is 10.9 Å². The van der Waals surface area contributed by atoms with Crippen molar-refractivity contribution in [2.75, 3.05) is 20.3 Å². The second kappa shape index (κ2) is 7.92. The number of carbonyl (C=O) groups excluding carboxylic acids is 1. The fraction of sp³-hybridized carbons (Fsp3) is 0.444. The van der Waals surface area contributed by atoms with Gasteiger partial charge in [-0.1, -0.05) is 19.9 Å². The number of H-pyrrole nitrogens is 1. The molecule has 124 valence electrons. The maximum atomic E-state index is 12.1. The summed E-state index contributed by atoms with van der Waals surface area (Å²) in [6.45, 7) is 5.25. The van der Waals surface area contributed by atoms with Crippen LogP contribution in [0.4, 0.5) is 0 Å². The Labute approximate surface area is 136 Å². The van der Waals surface area contributed by atoms with Gasteiger partial charge in [0.1, 0.15) is 0 Å². The predicted molar refractivity (Wildman–Crippen MR) is 91.9 cm³/mol. The van der Waals surface area contributed by atoms with Crippen LogP contribution in [0.5, 0.6) is 0 Å². The molecule has 0 radical (unpaired) electrons. The molecule has 1 aromatic carbocycles. The molecule has 0 unspecified atom stereocenters. The van der Waals surface area contributed by atoms with Crippen molar-refractivity contribution in [2.45, 2.75) is 32.6 Å². The number of ether oxygens (including phenoxy) is 1. The van der Waals surface area contributed by atoms with Crippen molar-refractivity contribution in [3.8, 4) is 0 Å². The SMILES string of the molecule is COCCNC(=O)CCc1cc2cc(C(C)C)ccc2[nH]c1=O. The Balaban J connectivity index is 2.12. The fourth-order valence-corrected chi connectivity index (χ4v) is 2.44. The van der Waals surface area contributed by atoms with Gasteiger partial charge in [-0.25, -0.2) is 0 Å². The zero-order valence-corrected chi connectivity index (χ0v) is 13.9. The van der Waals surface area contributed by atoms with Crippen LogP contribution in [0.2, 0.25) is 0 Å². The first kappa shape index (κ1) is 17.2. The van der Waals surface area contributed by atoms with Crippen LogP contribution in [0.25, 0.3) is 10.9 Å². The topological polar surface area (TPSA) is 71.2 Å². The molecule has 2 rings (SSSR count). The lowest BCUT2D eigenvalue weighted by molar-refractivity contribution is -0.121. The molecule has 2 aromatic rings. The van der Waals surface area contributed by atoms with Crippen molar-refractivity contribution in [1.82, 2.24) is 10.3 Å². The zero-order valence-electron chi connectivity index (χ0n) is 13.9. The Kier molecular flexibility index (Phi) is 5.93. The molecule has 2 N–H and O–H groups in total. The van der Waals surface area contributed by atoms with Crippen molar-refractivity contribution >= 4 is 16.8 Å². The number of carbonyl (C=O) groups is 1. The normalized spacial score (nSPS) is 11.1. The van der Waals surface area contributed by atoms with E-state index in [2.05, 4.69) is 30.2 Å². The summed E-state index contributed by atoms with van der Waals surface area (Å²) in [6, 6.07) is 7.96. The van der Waals surface area contributed by atoms with Gasteiger partial charge in [0.05, 0.1) is 6.61 Å². The van der Waals surface area contributed by atoms with Crippen LogP contribution in [0.15, 0.2) is 29.1 Å². The lowest BCUT2D eigenvalue weighted by Crippen LogP contribution is -2.27. The van der Waals surface area contributed by atoms with Gasteiger partial charge in [-0.2, -0.15) is 0 Å². The van der Waals surface area contributed by atoms with Crippen LogP contribution in [-0.4, -0.2) is 31.2 Å². The number of nitrogens with one attached hydrogen (secondary N) is 2. The molecule has 23 heavy (non-hydrogen) atoms. The Morgan fingerprint density at radius 3 is 2.78 bits per heavy atom. The highest BCUT2D eigenvalue weighted by Crippen LogP contribution is 2.20. The van der Waals surface area contributed by atoms with E-state index in [9.17, 15) is 9.59 Å². The molecule has 0 atom stereocenters.